The lowest BCUT2D eigenvalue weighted by Gasteiger charge is -2.40. The second-order valence-electron chi connectivity index (χ2n) is 9.67. The van der Waals surface area contributed by atoms with Crippen LogP contribution in [0.25, 0.3) is 0 Å². The van der Waals surface area contributed by atoms with Gasteiger partial charge in [-0.1, -0.05) is 12.1 Å². The minimum absolute atomic E-state index is 0.00539. The molecule has 2 aliphatic rings. The van der Waals surface area contributed by atoms with Crippen LogP contribution >= 0.6 is 11.8 Å². The first kappa shape index (κ1) is 25.7. The number of ketones is 1. The van der Waals surface area contributed by atoms with Crippen molar-refractivity contribution in [3.63, 3.8) is 0 Å². The molecule has 3 aromatic carbocycles. The van der Waals surface area contributed by atoms with Crippen molar-refractivity contribution in [2.45, 2.75) is 49.7 Å². The van der Waals surface area contributed by atoms with Crippen molar-refractivity contribution in [1.29, 1.82) is 5.26 Å². The highest BCUT2D eigenvalue weighted by atomic mass is 32.2. The zero-order valence-electron chi connectivity index (χ0n) is 21.2. The van der Waals surface area contributed by atoms with Crippen molar-refractivity contribution in [2.75, 3.05) is 4.90 Å². The molecule has 5 rings (SSSR count). The Morgan fingerprint density at radius 2 is 1.66 bits per heavy atom. The fourth-order valence-corrected chi connectivity index (χ4v) is 6.32. The maximum Gasteiger partial charge on any atom is 0.161 e. The maximum atomic E-state index is 13.7. The quantitative estimate of drug-likeness (QED) is 0.356. The van der Waals surface area contributed by atoms with E-state index in [9.17, 15) is 18.8 Å². The number of rotatable bonds is 5. The third-order valence-corrected chi connectivity index (χ3v) is 8.30. The first-order valence-corrected chi connectivity index (χ1v) is 13.5. The van der Waals surface area contributed by atoms with Crippen LogP contribution in [0.15, 0.2) is 88.2 Å². The predicted octanol–water partition coefficient (Wildman–Crippen LogP) is 7.18. The van der Waals surface area contributed by atoms with Gasteiger partial charge in [-0.25, -0.2) is 8.78 Å². The summed E-state index contributed by atoms with van der Waals surface area (Å²) in [6, 6.07) is 18.8. The van der Waals surface area contributed by atoms with Crippen LogP contribution in [0.3, 0.4) is 0 Å². The van der Waals surface area contributed by atoms with Gasteiger partial charge in [-0.3, -0.25) is 9.69 Å². The van der Waals surface area contributed by atoms with Gasteiger partial charge in [0.05, 0.1) is 17.6 Å². The van der Waals surface area contributed by atoms with Gasteiger partial charge in [0.1, 0.15) is 17.5 Å². The molecule has 0 amide bonds. The summed E-state index contributed by atoms with van der Waals surface area (Å²) in [5.74, 6) is -0.299. The van der Waals surface area contributed by atoms with Gasteiger partial charge in [0, 0.05) is 34.0 Å². The number of carbonyl (C=O) groups is 1. The van der Waals surface area contributed by atoms with E-state index < -0.39 is 5.92 Å². The van der Waals surface area contributed by atoms with E-state index in [0.29, 0.717) is 41.8 Å². The molecule has 1 unspecified atom stereocenters. The van der Waals surface area contributed by atoms with Crippen LogP contribution in [0.5, 0.6) is 0 Å². The van der Waals surface area contributed by atoms with E-state index >= 15 is 0 Å². The van der Waals surface area contributed by atoms with E-state index in [1.165, 1.54) is 24.3 Å². The smallest absolute Gasteiger partial charge is 0.161 e. The summed E-state index contributed by atoms with van der Waals surface area (Å²) < 4.78 is 27.0. The summed E-state index contributed by atoms with van der Waals surface area (Å²) in [6.45, 7) is 4.03. The van der Waals surface area contributed by atoms with Crippen molar-refractivity contribution in [3.05, 3.63) is 117 Å². The van der Waals surface area contributed by atoms with Crippen molar-refractivity contribution in [2.24, 2.45) is 5.73 Å². The fraction of sp³-hybridized carbons (Fsp3) is 0.226. The average molecular weight is 528 g/mol. The lowest BCUT2D eigenvalue weighted by atomic mass is 9.74. The van der Waals surface area contributed by atoms with Crippen molar-refractivity contribution >= 4 is 23.2 Å². The lowest BCUT2D eigenvalue weighted by Crippen LogP contribution is -2.38. The molecule has 38 heavy (non-hydrogen) atoms. The molecule has 0 radical (unpaired) electrons. The molecule has 7 heteroatoms. The molecule has 1 aliphatic heterocycles. The Kier molecular flexibility index (Phi) is 7.09. The van der Waals surface area contributed by atoms with Gasteiger partial charge in [-0.05, 0) is 97.5 Å². The first-order valence-electron chi connectivity index (χ1n) is 12.5. The van der Waals surface area contributed by atoms with E-state index in [0.717, 1.165) is 32.8 Å². The average Bonchev–Trinajstić information content (AvgIpc) is 2.90. The second kappa shape index (κ2) is 10.5. The number of halogens is 2. The highest BCUT2D eigenvalue weighted by Gasteiger charge is 2.41. The number of anilines is 1. The molecule has 1 aliphatic carbocycles. The van der Waals surface area contributed by atoms with Crippen LogP contribution in [0.4, 0.5) is 14.5 Å². The van der Waals surface area contributed by atoms with Crippen molar-refractivity contribution in [3.8, 4) is 6.07 Å². The van der Waals surface area contributed by atoms with Gasteiger partial charge in [-0.2, -0.15) is 5.26 Å². The van der Waals surface area contributed by atoms with E-state index in [-0.39, 0.29) is 23.2 Å². The number of benzene rings is 3. The number of nitrogens with two attached hydrogens (primary N) is 1. The summed E-state index contributed by atoms with van der Waals surface area (Å²) in [5.41, 5.74) is 13.0. The Labute approximate surface area is 225 Å². The van der Waals surface area contributed by atoms with Gasteiger partial charge >= 0.3 is 0 Å². The topological polar surface area (TPSA) is 70.1 Å². The number of nitriles is 1. The molecular weight excluding hydrogens is 500 g/mol. The van der Waals surface area contributed by atoms with Crippen LogP contribution < -0.4 is 10.6 Å². The van der Waals surface area contributed by atoms with Crippen LogP contribution in [-0.4, -0.2) is 5.78 Å². The Bertz CT molecular complexity index is 1520. The second-order valence-corrected chi connectivity index (χ2v) is 10.7. The third-order valence-electron chi connectivity index (χ3n) is 7.24. The standard InChI is InChI=1S/C31H27F2N3OS/c1-18-14-19(2)25(15-20(18)17-38-24-12-8-22(33)9-13-24)29-26(16-34)31(35)36(23-10-6-21(32)7-11-23)27-4-3-5-28(37)30(27)29/h6-15,29H,3-5,17,35H2,1-2H3. The van der Waals surface area contributed by atoms with Gasteiger partial charge < -0.3 is 5.73 Å². The molecule has 1 heterocycles. The van der Waals surface area contributed by atoms with Crippen LogP contribution in [0, 0.1) is 36.8 Å². The number of hydrogen-bond donors (Lipinski definition) is 1. The predicted molar refractivity (Wildman–Crippen MR) is 146 cm³/mol. The monoisotopic (exact) mass is 527 g/mol. The number of nitrogens with zero attached hydrogens (tertiary/aromatic N) is 2. The molecule has 0 bridgehead atoms. The minimum Gasteiger partial charge on any atom is -0.384 e. The molecule has 0 aromatic heterocycles. The van der Waals surface area contributed by atoms with Gasteiger partial charge in [0.15, 0.2) is 5.78 Å². The van der Waals surface area contributed by atoms with Gasteiger partial charge in [-0.15, -0.1) is 11.8 Å². The highest BCUT2D eigenvalue weighted by Crippen LogP contribution is 2.47. The summed E-state index contributed by atoms with van der Waals surface area (Å²) in [5, 5.41) is 10.3. The highest BCUT2D eigenvalue weighted by molar-refractivity contribution is 7.98. The third kappa shape index (κ3) is 4.72. The Hall–Kier alpha value is -3.89. The molecule has 3 aromatic rings. The van der Waals surface area contributed by atoms with Crippen molar-refractivity contribution in [1.82, 2.24) is 0 Å². The number of carbonyl (C=O) groups excluding carboxylic acids is 1. The SMILES string of the molecule is Cc1cc(C)c(C2C(C#N)=C(N)N(c3ccc(F)cc3)C3=C2C(=O)CCC3)cc1CSc1ccc(F)cc1. The largest absolute Gasteiger partial charge is 0.384 e. The normalized spacial score (nSPS) is 17.5. The van der Waals surface area contributed by atoms with Gasteiger partial charge in [0.25, 0.3) is 0 Å². The molecule has 0 spiro atoms. The zero-order chi connectivity index (χ0) is 27.0. The van der Waals surface area contributed by atoms with Crippen LogP contribution in [-0.2, 0) is 10.5 Å². The summed E-state index contributed by atoms with van der Waals surface area (Å²) >= 11 is 1.60. The molecule has 1 atom stereocenters. The van der Waals surface area contributed by atoms with E-state index in [1.54, 1.807) is 40.9 Å². The number of hydrogen-bond acceptors (Lipinski definition) is 5. The van der Waals surface area contributed by atoms with Crippen LogP contribution in [0.1, 0.15) is 47.4 Å². The first-order chi connectivity index (χ1) is 18.3. The molecule has 0 saturated heterocycles. The number of Topliss-reactive ketones (excluding diaryl/α,β-unsaturated/α-hetero) is 1. The molecule has 192 valence electrons. The van der Waals surface area contributed by atoms with E-state index in [4.69, 9.17) is 5.73 Å². The number of aryl methyl sites for hydroxylation is 2. The molecule has 0 fully saturated rings. The number of allylic oxidation sites excluding steroid dienone is 3. The zero-order valence-corrected chi connectivity index (χ0v) is 22.0. The Balaban J connectivity index is 1.61. The van der Waals surface area contributed by atoms with Crippen LogP contribution in [0.2, 0.25) is 0 Å². The van der Waals surface area contributed by atoms with E-state index in [2.05, 4.69) is 18.2 Å². The maximum absolute atomic E-state index is 13.7. The molecular formula is C31H27F2N3OS. The summed E-state index contributed by atoms with van der Waals surface area (Å²) in [7, 11) is 0. The minimum atomic E-state index is -0.574. The Morgan fingerprint density at radius 3 is 2.32 bits per heavy atom. The van der Waals surface area contributed by atoms with Gasteiger partial charge in [0.2, 0.25) is 0 Å². The van der Waals surface area contributed by atoms with E-state index in [1.807, 2.05) is 13.8 Å². The lowest BCUT2D eigenvalue weighted by molar-refractivity contribution is -0.116. The summed E-state index contributed by atoms with van der Waals surface area (Å²) in [4.78, 5) is 16.2. The molecule has 0 saturated carbocycles. The fourth-order valence-electron chi connectivity index (χ4n) is 5.36. The Morgan fingerprint density at radius 1 is 1.00 bits per heavy atom. The summed E-state index contributed by atoms with van der Waals surface area (Å²) in [6.07, 6.45) is 1.72. The molecule has 2 N–H and O–H groups in total. The molecule has 4 nitrogen and oxygen atoms in total. The number of thioether (sulfide) groups is 1. The van der Waals surface area contributed by atoms with Crippen molar-refractivity contribution < 1.29 is 13.6 Å².